The van der Waals surface area contributed by atoms with Crippen molar-refractivity contribution in [2.45, 2.75) is 6.04 Å². The van der Waals surface area contributed by atoms with E-state index in [0.29, 0.717) is 0 Å². The number of nitrogens with zero attached hydrogens (tertiary/aromatic N) is 1. The number of aliphatic carboxylic acids is 1. The molecule has 0 unspecified atom stereocenters. The van der Waals surface area contributed by atoms with Crippen molar-refractivity contribution >= 4 is 12.1 Å². The molecule has 0 aliphatic heterocycles. The van der Waals surface area contributed by atoms with Crippen LogP contribution in [0.25, 0.3) is 0 Å². The summed E-state index contributed by atoms with van der Waals surface area (Å²) in [5.41, 5.74) is 0. The highest BCUT2D eigenvalue weighted by molar-refractivity contribution is 5.78. The van der Waals surface area contributed by atoms with Crippen LogP contribution < -0.4 is 5.84 Å². The van der Waals surface area contributed by atoms with E-state index in [2.05, 4.69) is 0 Å². The van der Waals surface area contributed by atoms with Crippen LogP contribution in [-0.2, 0) is 4.79 Å². The molecule has 5 N–H and O–H groups in total. The Bertz CT molecular complexity index is 170. The molecule has 0 aromatic rings. The van der Waals surface area contributed by atoms with Gasteiger partial charge < -0.3 is 15.3 Å². The first-order valence-electron chi connectivity index (χ1n) is 2.61. The third-order valence-electron chi connectivity index (χ3n) is 1.01. The predicted octanol–water partition coefficient (Wildman–Crippen LogP) is -1.71. The van der Waals surface area contributed by atoms with Crippen molar-refractivity contribution in [1.82, 2.24) is 5.01 Å². The third kappa shape index (κ3) is 2.40. The maximum Gasteiger partial charge on any atom is 0.422 e. The molecule has 64 valence electrons. The number of aliphatic hydroxyl groups is 1. The van der Waals surface area contributed by atoms with Crippen LogP contribution in [0.5, 0.6) is 0 Å². The Morgan fingerprint density at radius 2 is 1.91 bits per heavy atom. The molecule has 0 radical (unpaired) electrons. The van der Waals surface area contributed by atoms with E-state index >= 15 is 0 Å². The summed E-state index contributed by atoms with van der Waals surface area (Å²) in [4.78, 5) is 20.2. The molecule has 0 rings (SSSR count). The Morgan fingerprint density at radius 3 is 2.00 bits per heavy atom. The molecule has 7 nitrogen and oxygen atoms in total. The van der Waals surface area contributed by atoms with Gasteiger partial charge in [-0.15, -0.1) is 0 Å². The molecule has 0 heterocycles. The van der Waals surface area contributed by atoms with Crippen molar-refractivity contribution in [2.75, 3.05) is 6.61 Å². The van der Waals surface area contributed by atoms with Crippen LogP contribution in [0, 0.1) is 0 Å². The Balaban J connectivity index is 4.25. The highest BCUT2D eigenvalue weighted by Crippen LogP contribution is 1.92. The Morgan fingerprint density at radius 1 is 1.45 bits per heavy atom. The van der Waals surface area contributed by atoms with Gasteiger partial charge >= 0.3 is 12.1 Å². The standard InChI is InChI=1S/C4H8N2O5/c5-6(4(10)11)2(1-7)3(8)9/h2,7H,1,5H2,(H,8,9)(H,10,11)/t2-/m0/s1. The van der Waals surface area contributed by atoms with E-state index in [1.54, 1.807) is 0 Å². The van der Waals surface area contributed by atoms with Crippen molar-refractivity contribution in [3.05, 3.63) is 0 Å². The number of carboxylic acid groups (broad SMARTS) is 2. The maximum atomic E-state index is 10.1. The second kappa shape index (κ2) is 3.74. The molecule has 0 saturated carbocycles. The van der Waals surface area contributed by atoms with E-state index in [9.17, 15) is 9.59 Å². The van der Waals surface area contributed by atoms with Gasteiger partial charge in [-0.2, -0.15) is 0 Å². The minimum atomic E-state index is -1.61. The molecule has 0 saturated heterocycles. The molecular weight excluding hydrogens is 156 g/mol. The first kappa shape index (κ1) is 9.66. The lowest BCUT2D eigenvalue weighted by Crippen LogP contribution is -2.50. The van der Waals surface area contributed by atoms with E-state index in [0.717, 1.165) is 0 Å². The number of hydrogen-bond donors (Lipinski definition) is 4. The highest BCUT2D eigenvalue weighted by atomic mass is 16.4. The lowest BCUT2D eigenvalue weighted by Gasteiger charge is -2.18. The summed E-state index contributed by atoms with van der Waals surface area (Å²) in [7, 11) is 0. The van der Waals surface area contributed by atoms with Gasteiger partial charge in [-0.05, 0) is 0 Å². The molecule has 0 aromatic carbocycles. The molecule has 11 heavy (non-hydrogen) atoms. The molecule has 1 atom stereocenters. The van der Waals surface area contributed by atoms with Crippen molar-refractivity contribution in [3.8, 4) is 0 Å². The van der Waals surface area contributed by atoms with Crippen molar-refractivity contribution < 1.29 is 24.9 Å². The summed E-state index contributed by atoms with van der Waals surface area (Å²) < 4.78 is 0. The first-order valence-corrected chi connectivity index (χ1v) is 2.61. The molecular formula is C4H8N2O5. The topological polar surface area (TPSA) is 124 Å². The zero-order valence-corrected chi connectivity index (χ0v) is 5.47. The molecule has 0 bridgehead atoms. The zero-order valence-electron chi connectivity index (χ0n) is 5.47. The fraction of sp³-hybridized carbons (Fsp3) is 0.500. The number of carbonyl (C=O) groups is 2. The number of carboxylic acids is 1. The quantitative estimate of drug-likeness (QED) is 0.223. The van der Waals surface area contributed by atoms with Gasteiger partial charge in [-0.1, -0.05) is 0 Å². The fourth-order valence-electron chi connectivity index (χ4n) is 0.418. The van der Waals surface area contributed by atoms with Crippen molar-refractivity contribution in [1.29, 1.82) is 0 Å². The van der Waals surface area contributed by atoms with Gasteiger partial charge in [-0.3, -0.25) is 0 Å². The molecule has 7 heteroatoms. The molecule has 1 amide bonds. The van der Waals surface area contributed by atoms with E-state index in [4.69, 9.17) is 21.2 Å². The molecule has 0 aliphatic carbocycles. The van der Waals surface area contributed by atoms with Gasteiger partial charge in [0.25, 0.3) is 0 Å². The van der Waals surface area contributed by atoms with Crippen LogP contribution in [0.4, 0.5) is 4.79 Å². The number of hydrogen-bond acceptors (Lipinski definition) is 4. The van der Waals surface area contributed by atoms with Crippen LogP contribution in [-0.4, -0.2) is 45.0 Å². The third-order valence-corrected chi connectivity index (χ3v) is 1.01. The van der Waals surface area contributed by atoms with Crippen molar-refractivity contribution in [3.63, 3.8) is 0 Å². The van der Waals surface area contributed by atoms with Gasteiger partial charge in [0.2, 0.25) is 0 Å². The number of nitrogens with two attached hydrogens (primary N) is 1. The minimum absolute atomic E-state index is 0.0301. The smallest absolute Gasteiger partial charge is 0.422 e. The van der Waals surface area contributed by atoms with Gasteiger partial charge in [0.05, 0.1) is 6.61 Å². The zero-order chi connectivity index (χ0) is 9.02. The average Bonchev–Trinajstić information content (AvgIpc) is 1.88. The lowest BCUT2D eigenvalue weighted by molar-refractivity contribution is -0.144. The van der Waals surface area contributed by atoms with Crippen LogP contribution in [0.15, 0.2) is 0 Å². The second-order valence-corrected chi connectivity index (χ2v) is 1.73. The highest BCUT2D eigenvalue weighted by Gasteiger charge is 2.25. The summed E-state index contributed by atoms with van der Waals surface area (Å²) in [6.07, 6.45) is -1.61. The maximum absolute atomic E-state index is 10.1. The van der Waals surface area contributed by atoms with Crippen LogP contribution >= 0.6 is 0 Å². The number of amides is 1. The number of aliphatic hydroxyl groups excluding tert-OH is 1. The van der Waals surface area contributed by atoms with E-state index < -0.39 is 24.7 Å². The lowest BCUT2D eigenvalue weighted by atomic mass is 10.3. The molecule has 0 fully saturated rings. The SMILES string of the molecule is NN(C(=O)O)[C@@H](CO)C(=O)O. The van der Waals surface area contributed by atoms with E-state index in [-0.39, 0.29) is 5.01 Å². The van der Waals surface area contributed by atoms with E-state index in [1.807, 2.05) is 0 Å². The Hall–Kier alpha value is -1.34. The summed E-state index contributed by atoms with van der Waals surface area (Å²) >= 11 is 0. The van der Waals surface area contributed by atoms with Crippen molar-refractivity contribution in [2.24, 2.45) is 5.84 Å². The molecule has 0 spiro atoms. The normalized spacial score (nSPS) is 12.2. The average molecular weight is 164 g/mol. The predicted molar refractivity (Wildman–Crippen MR) is 32.6 cm³/mol. The summed E-state index contributed by atoms with van der Waals surface area (Å²) in [6.45, 7) is -0.849. The number of rotatable bonds is 3. The second-order valence-electron chi connectivity index (χ2n) is 1.73. The Kier molecular flexibility index (Phi) is 3.28. The van der Waals surface area contributed by atoms with Gasteiger partial charge in [-0.25, -0.2) is 20.4 Å². The monoisotopic (exact) mass is 164 g/mol. The fourth-order valence-corrected chi connectivity index (χ4v) is 0.418. The first-order chi connectivity index (χ1) is 5.00. The van der Waals surface area contributed by atoms with Gasteiger partial charge in [0.15, 0.2) is 6.04 Å². The minimum Gasteiger partial charge on any atom is -0.480 e. The van der Waals surface area contributed by atoms with E-state index in [1.165, 1.54) is 0 Å². The van der Waals surface area contributed by atoms with Gasteiger partial charge in [0, 0.05) is 0 Å². The summed E-state index contributed by atoms with van der Waals surface area (Å²) in [6, 6.07) is -1.60. The van der Waals surface area contributed by atoms with Crippen LogP contribution in [0.3, 0.4) is 0 Å². The van der Waals surface area contributed by atoms with Crippen LogP contribution in [0.2, 0.25) is 0 Å². The van der Waals surface area contributed by atoms with Gasteiger partial charge in [0.1, 0.15) is 0 Å². The molecule has 0 aliphatic rings. The summed E-state index contributed by atoms with van der Waals surface area (Å²) in [5.74, 6) is 3.28. The number of hydrazine groups is 1. The van der Waals surface area contributed by atoms with Crippen LogP contribution in [0.1, 0.15) is 0 Å². The largest absolute Gasteiger partial charge is 0.480 e. The Labute approximate surface area is 61.6 Å². The molecule has 0 aromatic heterocycles. The summed E-state index contributed by atoms with van der Waals surface area (Å²) in [5, 5.41) is 24.8.